The van der Waals surface area contributed by atoms with Gasteiger partial charge >= 0.3 is 0 Å². The highest BCUT2D eigenvalue weighted by Crippen LogP contribution is 1.98. The molecule has 0 aliphatic heterocycles. The third-order valence-electron chi connectivity index (χ3n) is 1.77. The standard InChI is InChI=1S/C9H18N2O2/c1-8(2)9(13)11(3)6-4-5-10-7-12/h7-8H,4-6H2,1-3H3,(H,10,12). The number of carbonyl (C=O) groups is 2. The first kappa shape index (κ1) is 11.9. The van der Waals surface area contributed by atoms with Crippen molar-refractivity contribution < 1.29 is 9.59 Å². The van der Waals surface area contributed by atoms with E-state index in [-0.39, 0.29) is 11.8 Å². The predicted octanol–water partition coefficient (Wildman–Crippen LogP) is 0.237. The second-order valence-corrected chi connectivity index (χ2v) is 3.34. The van der Waals surface area contributed by atoms with Crippen LogP contribution in [0.5, 0.6) is 0 Å². The van der Waals surface area contributed by atoms with Crippen LogP contribution in [0.3, 0.4) is 0 Å². The Balaban J connectivity index is 3.55. The number of hydrogen-bond acceptors (Lipinski definition) is 2. The molecule has 76 valence electrons. The predicted molar refractivity (Wildman–Crippen MR) is 51.2 cm³/mol. The maximum atomic E-state index is 11.3. The monoisotopic (exact) mass is 186 g/mol. The number of nitrogens with zero attached hydrogens (tertiary/aromatic N) is 1. The van der Waals surface area contributed by atoms with Gasteiger partial charge in [0.2, 0.25) is 12.3 Å². The highest BCUT2D eigenvalue weighted by Gasteiger charge is 2.11. The molecule has 13 heavy (non-hydrogen) atoms. The lowest BCUT2D eigenvalue weighted by molar-refractivity contribution is -0.133. The topological polar surface area (TPSA) is 49.4 Å². The van der Waals surface area contributed by atoms with Gasteiger partial charge < -0.3 is 10.2 Å². The highest BCUT2D eigenvalue weighted by molar-refractivity contribution is 5.77. The fourth-order valence-corrected chi connectivity index (χ4v) is 1.03. The summed E-state index contributed by atoms with van der Waals surface area (Å²) in [6.45, 7) is 5.07. The quantitative estimate of drug-likeness (QED) is 0.477. The molecule has 4 heteroatoms. The van der Waals surface area contributed by atoms with Crippen molar-refractivity contribution in [3.05, 3.63) is 0 Å². The number of amides is 2. The van der Waals surface area contributed by atoms with E-state index in [1.807, 2.05) is 13.8 Å². The van der Waals surface area contributed by atoms with Gasteiger partial charge in [0.15, 0.2) is 0 Å². The summed E-state index contributed by atoms with van der Waals surface area (Å²) < 4.78 is 0. The fourth-order valence-electron chi connectivity index (χ4n) is 1.03. The maximum absolute atomic E-state index is 11.3. The minimum Gasteiger partial charge on any atom is -0.359 e. The first-order valence-corrected chi connectivity index (χ1v) is 4.51. The van der Waals surface area contributed by atoms with Crippen LogP contribution >= 0.6 is 0 Å². The Morgan fingerprint density at radius 3 is 2.62 bits per heavy atom. The van der Waals surface area contributed by atoms with Crippen LogP contribution in [0, 0.1) is 5.92 Å². The van der Waals surface area contributed by atoms with Crippen LogP contribution in [0.25, 0.3) is 0 Å². The molecule has 4 nitrogen and oxygen atoms in total. The van der Waals surface area contributed by atoms with Crippen LogP contribution < -0.4 is 5.32 Å². The summed E-state index contributed by atoms with van der Waals surface area (Å²) in [4.78, 5) is 22.9. The van der Waals surface area contributed by atoms with E-state index in [1.165, 1.54) is 0 Å². The largest absolute Gasteiger partial charge is 0.359 e. The van der Waals surface area contributed by atoms with Crippen molar-refractivity contribution >= 4 is 12.3 Å². The van der Waals surface area contributed by atoms with Crippen molar-refractivity contribution in [2.45, 2.75) is 20.3 Å². The van der Waals surface area contributed by atoms with Crippen molar-refractivity contribution in [1.82, 2.24) is 10.2 Å². The first-order valence-electron chi connectivity index (χ1n) is 4.51. The van der Waals surface area contributed by atoms with Crippen LogP contribution in [0.1, 0.15) is 20.3 Å². The Hall–Kier alpha value is -1.06. The van der Waals surface area contributed by atoms with E-state index in [4.69, 9.17) is 0 Å². The van der Waals surface area contributed by atoms with Gasteiger partial charge in [-0.3, -0.25) is 9.59 Å². The van der Waals surface area contributed by atoms with Gasteiger partial charge in [-0.15, -0.1) is 0 Å². The smallest absolute Gasteiger partial charge is 0.224 e. The van der Waals surface area contributed by atoms with Gasteiger partial charge in [0.1, 0.15) is 0 Å². The first-order chi connectivity index (χ1) is 6.09. The van der Waals surface area contributed by atoms with Gasteiger partial charge in [0.25, 0.3) is 0 Å². The Morgan fingerprint density at radius 1 is 1.54 bits per heavy atom. The van der Waals surface area contributed by atoms with Crippen LogP contribution in [-0.4, -0.2) is 37.4 Å². The molecule has 0 unspecified atom stereocenters. The van der Waals surface area contributed by atoms with Crippen molar-refractivity contribution in [3.63, 3.8) is 0 Å². The maximum Gasteiger partial charge on any atom is 0.224 e. The number of nitrogens with one attached hydrogen (secondary N) is 1. The Labute approximate surface area is 79.3 Å². The second-order valence-electron chi connectivity index (χ2n) is 3.34. The molecule has 0 spiro atoms. The van der Waals surface area contributed by atoms with Crippen molar-refractivity contribution in [2.24, 2.45) is 5.92 Å². The lowest BCUT2D eigenvalue weighted by atomic mass is 10.2. The number of hydrogen-bond donors (Lipinski definition) is 1. The van der Waals surface area contributed by atoms with Crippen LogP contribution in [0.15, 0.2) is 0 Å². The molecule has 0 bridgehead atoms. The van der Waals surface area contributed by atoms with E-state index in [2.05, 4.69) is 5.32 Å². The van der Waals surface area contributed by atoms with Gasteiger partial charge in [0.05, 0.1) is 0 Å². The summed E-state index contributed by atoms with van der Waals surface area (Å²) in [7, 11) is 1.78. The molecule has 0 saturated carbocycles. The second kappa shape index (κ2) is 6.46. The lowest BCUT2D eigenvalue weighted by Crippen LogP contribution is -2.32. The molecular formula is C9H18N2O2. The van der Waals surface area contributed by atoms with Gasteiger partial charge in [-0.25, -0.2) is 0 Å². The molecule has 0 aliphatic rings. The average Bonchev–Trinajstić information content (AvgIpc) is 2.10. The summed E-state index contributed by atoms with van der Waals surface area (Å²) in [5.74, 6) is 0.190. The molecule has 0 atom stereocenters. The normalized spacial score (nSPS) is 9.85. The molecule has 0 heterocycles. The highest BCUT2D eigenvalue weighted by atomic mass is 16.2. The summed E-state index contributed by atoms with van der Waals surface area (Å²) >= 11 is 0. The molecule has 0 rings (SSSR count). The molecule has 1 N–H and O–H groups in total. The molecule has 0 radical (unpaired) electrons. The van der Waals surface area contributed by atoms with E-state index in [1.54, 1.807) is 11.9 Å². The van der Waals surface area contributed by atoms with Gasteiger partial charge in [-0.05, 0) is 6.42 Å². The summed E-state index contributed by atoms with van der Waals surface area (Å²) in [5.41, 5.74) is 0. The van der Waals surface area contributed by atoms with Gasteiger partial charge in [0, 0.05) is 26.1 Å². The van der Waals surface area contributed by atoms with Crippen molar-refractivity contribution in [1.29, 1.82) is 0 Å². The van der Waals surface area contributed by atoms with Crippen molar-refractivity contribution in [3.8, 4) is 0 Å². The van der Waals surface area contributed by atoms with Gasteiger partial charge in [-0.2, -0.15) is 0 Å². The molecule has 0 aliphatic carbocycles. The Kier molecular flexibility index (Phi) is 5.93. The molecule has 0 aromatic heterocycles. The van der Waals surface area contributed by atoms with E-state index in [9.17, 15) is 9.59 Å². The van der Waals surface area contributed by atoms with Crippen LogP contribution in [-0.2, 0) is 9.59 Å². The molecule has 2 amide bonds. The third kappa shape index (κ3) is 5.22. The zero-order valence-corrected chi connectivity index (χ0v) is 8.54. The van der Waals surface area contributed by atoms with E-state index in [0.29, 0.717) is 19.5 Å². The summed E-state index contributed by atoms with van der Waals surface area (Å²) in [6.07, 6.45) is 1.47. The third-order valence-corrected chi connectivity index (χ3v) is 1.77. The lowest BCUT2D eigenvalue weighted by Gasteiger charge is -2.18. The minimum atomic E-state index is 0.0454. The number of rotatable bonds is 6. The van der Waals surface area contributed by atoms with Crippen LogP contribution in [0.4, 0.5) is 0 Å². The Bertz CT molecular complexity index is 169. The van der Waals surface area contributed by atoms with E-state index >= 15 is 0 Å². The van der Waals surface area contributed by atoms with Crippen LogP contribution in [0.2, 0.25) is 0 Å². The SMILES string of the molecule is CC(C)C(=O)N(C)CCCNC=O. The molecule has 0 aromatic rings. The van der Waals surface area contributed by atoms with Gasteiger partial charge in [-0.1, -0.05) is 13.8 Å². The Morgan fingerprint density at radius 2 is 2.15 bits per heavy atom. The number of carbonyl (C=O) groups excluding carboxylic acids is 2. The zero-order chi connectivity index (χ0) is 10.3. The van der Waals surface area contributed by atoms with E-state index in [0.717, 1.165) is 6.42 Å². The molecule has 0 aromatic carbocycles. The summed E-state index contributed by atoms with van der Waals surface area (Å²) in [6, 6.07) is 0. The fraction of sp³-hybridized carbons (Fsp3) is 0.778. The van der Waals surface area contributed by atoms with Crippen molar-refractivity contribution in [2.75, 3.05) is 20.1 Å². The molecule has 0 fully saturated rings. The summed E-state index contributed by atoms with van der Waals surface area (Å²) in [5, 5.41) is 2.55. The zero-order valence-electron chi connectivity index (χ0n) is 8.54. The molecule has 0 saturated heterocycles. The average molecular weight is 186 g/mol. The van der Waals surface area contributed by atoms with E-state index < -0.39 is 0 Å². The minimum absolute atomic E-state index is 0.0454. The molecular weight excluding hydrogens is 168 g/mol.